The van der Waals surface area contributed by atoms with Crippen LogP contribution in [0.2, 0.25) is 0 Å². The Morgan fingerprint density at radius 2 is 1.83 bits per heavy atom. The Labute approximate surface area is 108 Å². The largest absolute Gasteiger partial charge is 0.358 e. The summed E-state index contributed by atoms with van der Waals surface area (Å²) >= 11 is 0. The summed E-state index contributed by atoms with van der Waals surface area (Å²) in [5, 5.41) is 5.57. The van der Waals surface area contributed by atoms with Gasteiger partial charge in [0.1, 0.15) is 0 Å². The van der Waals surface area contributed by atoms with Gasteiger partial charge in [-0.3, -0.25) is 4.79 Å². The van der Waals surface area contributed by atoms with E-state index < -0.39 is 9.84 Å². The van der Waals surface area contributed by atoms with Crippen molar-refractivity contribution in [2.24, 2.45) is 0 Å². The van der Waals surface area contributed by atoms with Crippen molar-refractivity contribution in [3.63, 3.8) is 0 Å². The molecule has 5 nitrogen and oxygen atoms in total. The van der Waals surface area contributed by atoms with Crippen LogP contribution in [0.1, 0.15) is 18.5 Å². The number of likely N-dealkylation sites (N-methyl/N-ethyl adjacent to an activating group) is 1. The zero-order valence-corrected chi connectivity index (χ0v) is 11.5. The topological polar surface area (TPSA) is 75.3 Å². The molecule has 6 heteroatoms. The minimum Gasteiger partial charge on any atom is -0.358 e. The summed E-state index contributed by atoms with van der Waals surface area (Å²) < 4.78 is 22.6. The van der Waals surface area contributed by atoms with E-state index in [1.54, 1.807) is 31.3 Å². The van der Waals surface area contributed by atoms with Crippen molar-refractivity contribution in [2.45, 2.75) is 17.9 Å². The van der Waals surface area contributed by atoms with Crippen molar-refractivity contribution >= 4 is 15.7 Å². The number of amides is 1. The van der Waals surface area contributed by atoms with Crippen LogP contribution in [-0.4, -0.2) is 34.2 Å². The van der Waals surface area contributed by atoms with Crippen LogP contribution in [0.3, 0.4) is 0 Å². The van der Waals surface area contributed by atoms with Crippen LogP contribution in [-0.2, 0) is 14.6 Å². The van der Waals surface area contributed by atoms with Crippen LogP contribution in [0, 0.1) is 0 Å². The average molecular weight is 270 g/mol. The van der Waals surface area contributed by atoms with Gasteiger partial charge in [-0.05, 0) is 24.6 Å². The van der Waals surface area contributed by atoms with Crippen molar-refractivity contribution in [3.8, 4) is 0 Å². The fourth-order valence-corrected chi connectivity index (χ4v) is 2.09. The zero-order valence-electron chi connectivity index (χ0n) is 10.7. The predicted molar refractivity (Wildman–Crippen MR) is 70.0 cm³/mol. The Morgan fingerprint density at radius 3 is 2.28 bits per heavy atom. The highest BCUT2D eigenvalue weighted by Crippen LogP contribution is 2.15. The summed E-state index contributed by atoms with van der Waals surface area (Å²) in [6.07, 6.45) is 1.18. The first-order valence-electron chi connectivity index (χ1n) is 5.58. The van der Waals surface area contributed by atoms with E-state index in [1.807, 2.05) is 6.92 Å². The lowest BCUT2D eigenvalue weighted by atomic mass is 10.1. The third-order valence-corrected chi connectivity index (χ3v) is 3.78. The van der Waals surface area contributed by atoms with E-state index in [0.29, 0.717) is 4.90 Å². The number of sulfone groups is 1. The molecule has 0 bridgehead atoms. The van der Waals surface area contributed by atoms with Gasteiger partial charge in [-0.1, -0.05) is 12.1 Å². The minimum atomic E-state index is -3.16. The number of carbonyl (C=O) groups excluding carboxylic acids is 1. The number of benzene rings is 1. The molecule has 2 N–H and O–H groups in total. The second-order valence-corrected chi connectivity index (χ2v) is 6.13. The molecule has 1 amide bonds. The third-order valence-electron chi connectivity index (χ3n) is 2.66. The lowest BCUT2D eigenvalue weighted by molar-refractivity contribution is -0.119. The SMILES string of the molecule is CNC(=O)CNC(C)c1ccc(S(C)(=O)=O)cc1. The van der Waals surface area contributed by atoms with Crippen molar-refractivity contribution < 1.29 is 13.2 Å². The highest BCUT2D eigenvalue weighted by Gasteiger charge is 2.10. The zero-order chi connectivity index (χ0) is 13.8. The molecule has 0 radical (unpaired) electrons. The van der Waals surface area contributed by atoms with Gasteiger partial charge < -0.3 is 10.6 Å². The Morgan fingerprint density at radius 1 is 1.28 bits per heavy atom. The smallest absolute Gasteiger partial charge is 0.233 e. The van der Waals surface area contributed by atoms with Crippen LogP contribution in [0.4, 0.5) is 0 Å². The molecule has 1 atom stereocenters. The molecule has 1 aromatic carbocycles. The maximum Gasteiger partial charge on any atom is 0.233 e. The molecule has 0 aliphatic heterocycles. The molecule has 100 valence electrons. The first-order chi connectivity index (χ1) is 8.34. The highest BCUT2D eigenvalue weighted by molar-refractivity contribution is 7.90. The van der Waals surface area contributed by atoms with E-state index in [0.717, 1.165) is 5.56 Å². The second-order valence-electron chi connectivity index (χ2n) is 4.12. The number of hydrogen-bond acceptors (Lipinski definition) is 4. The van der Waals surface area contributed by atoms with E-state index in [1.165, 1.54) is 6.26 Å². The summed E-state index contributed by atoms with van der Waals surface area (Å²) in [5.41, 5.74) is 0.936. The molecule has 1 aromatic rings. The Balaban J connectivity index is 2.70. The minimum absolute atomic E-state index is 0.0177. The van der Waals surface area contributed by atoms with E-state index in [-0.39, 0.29) is 18.5 Å². The van der Waals surface area contributed by atoms with Crippen LogP contribution in [0.5, 0.6) is 0 Å². The van der Waals surface area contributed by atoms with Crippen LogP contribution >= 0.6 is 0 Å². The molecule has 0 fully saturated rings. The van der Waals surface area contributed by atoms with Gasteiger partial charge in [-0.15, -0.1) is 0 Å². The van der Waals surface area contributed by atoms with Crippen LogP contribution in [0.15, 0.2) is 29.2 Å². The molecule has 18 heavy (non-hydrogen) atoms. The predicted octanol–water partition coefficient (Wildman–Crippen LogP) is 0.487. The van der Waals surface area contributed by atoms with Gasteiger partial charge in [0.25, 0.3) is 0 Å². The maximum atomic E-state index is 11.3. The molecular weight excluding hydrogens is 252 g/mol. The number of carbonyl (C=O) groups is 1. The molecule has 1 unspecified atom stereocenters. The molecule has 0 heterocycles. The first kappa shape index (κ1) is 14.7. The molecule has 0 saturated heterocycles. The van der Waals surface area contributed by atoms with E-state index in [9.17, 15) is 13.2 Å². The van der Waals surface area contributed by atoms with Crippen LogP contribution < -0.4 is 10.6 Å². The first-order valence-corrected chi connectivity index (χ1v) is 7.47. The standard InChI is InChI=1S/C12H18N2O3S/c1-9(14-8-12(15)13-2)10-4-6-11(7-5-10)18(3,16)17/h4-7,9,14H,8H2,1-3H3,(H,13,15). The molecule has 0 aliphatic rings. The van der Waals surface area contributed by atoms with Gasteiger partial charge in [0, 0.05) is 19.3 Å². The van der Waals surface area contributed by atoms with E-state index >= 15 is 0 Å². The summed E-state index contributed by atoms with van der Waals surface area (Å²) in [6, 6.07) is 6.62. The van der Waals surface area contributed by atoms with Gasteiger partial charge in [-0.25, -0.2) is 8.42 Å². The Hall–Kier alpha value is -1.40. The molecule has 0 aromatic heterocycles. The summed E-state index contributed by atoms with van der Waals surface area (Å²) in [5.74, 6) is -0.0883. The van der Waals surface area contributed by atoms with Gasteiger partial charge in [-0.2, -0.15) is 0 Å². The van der Waals surface area contributed by atoms with Gasteiger partial charge in [0.15, 0.2) is 9.84 Å². The number of hydrogen-bond donors (Lipinski definition) is 2. The normalized spacial score (nSPS) is 13.1. The summed E-state index contributed by atoms with van der Waals surface area (Å²) in [4.78, 5) is 11.4. The van der Waals surface area contributed by atoms with E-state index in [2.05, 4.69) is 10.6 Å². The monoisotopic (exact) mass is 270 g/mol. The quantitative estimate of drug-likeness (QED) is 0.816. The van der Waals surface area contributed by atoms with Crippen molar-refractivity contribution in [3.05, 3.63) is 29.8 Å². The Bertz CT molecular complexity index is 509. The molecule has 1 rings (SSSR count). The fourth-order valence-electron chi connectivity index (χ4n) is 1.46. The highest BCUT2D eigenvalue weighted by atomic mass is 32.2. The molecule has 0 aliphatic carbocycles. The van der Waals surface area contributed by atoms with Gasteiger partial charge in [0.2, 0.25) is 5.91 Å². The molecule has 0 spiro atoms. The van der Waals surface area contributed by atoms with Crippen molar-refractivity contribution in [1.82, 2.24) is 10.6 Å². The second kappa shape index (κ2) is 5.97. The summed E-state index contributed by atoms with van der Waals surface area (Å²) in [6.45, 7) is 2.14. The maximum absolute atomic E-state index is 11.3. The third kappa shape index (κ3) is 4.12. The number of nitrogens with one attached hydrogen (secondary N) is 2. The number of rotatable bonds is 5. The van der Waals surface area contributed by atoms with Gasteiger partial charge in [0.05, 0.1) is 11.4 Å². The van der Waals surface area contributed by atoms with Crippen LogP contribution in [0.25, 0.3) is 0 Å². The van der Waals surface area contributed by atoms with Crippen molar-refractivity contribution in [1.29, 1.82) is 0 Å². The van der Waals surface area contributed by atoms with E-state index in [4.69, 9.17) is 0 Å². The molecule has 0 saturated carbocycles. The van der Waals surface area contributed by atoms with Crippen molar-refractivity contribution in [2.75, 3.05) is 19.8 Å². The Kier molecular flexibility index (Phi) is 4.86. The lowest BCUT2D eigenvalue weighted by Gasteiger charge is -2.13. The lowest BCUT2D eigenvalue weighted by Crippen LogP contribution is -2.32. The summed E-state index contributed by atoms with van der Waals surface area (Å²) in [7, 11) is -1.58. The average Bonchev–Trinajstić information content (AvgIpc) is 2.34. The molecular formula is C12H18N2O3S. The fraction of sp³-hybridized carbons (Fsp3) is 0.417. The van der Waals surface area contributed by atoms with Gasteiger partial charge >= 0.3 is 0 Å².